The minimum Gasteiger partial charge on any atom is -0.508 e. The van der Waals surface area contributed by atoms with Crippen LogP contribution < -0.4 is 10.6 Å². The van der Waals surface area contributed by atoms with Gasteiger partial charge in [-0.1, -0.05) is 66.2 Å². The molecule has 0 aliphatic carbocycles. The summed E-state index contributed by atoms with van der Waals surface area (Å²) in [5.74, 6) is -0.433. The Morgan fingerprint density at radius 3 is 2.31 bits per heavy atom. The summed E-state index contributed by atoms with van der Waals surface area (Å²) in [6.45, 7) is 3.38. The van der Waals surface area contributed by atoms with Gasteiger partial charge in [-0.25, -0.2) is 0 Å². The van der Waals surface area contributed by atoms with Gasteiger partial charge in [0.05, 0.1) is 12.1 Å². The smallest absolute Gasteiger partial charge is 0.255 e. The Kier molecular flexibility index (Phi) is 7.57. The molecule has 0 bridgehead atoms. The van der Waals surface area contributed by atoms with Gasteiger partial charge in [0.2, 0.25) is 0 Å². The fourth-order valence-electron chi connectivity index (χ4n) is 3.70. The molecule has 0 saturated carbocycles. The zero-order chi connectivity index (χ0) is 24.6. The minimum atomic E-state index is -0.268. The van der Waals surface area contributed by atoms with Crippen LogP contribution in [0.3, 0.4) is 0 Å². The quantitative estimate of drug-likeness (QED) is 0.321. The summed E-state index contributed by atoms with van der Waals surface area (Å²) in [6, 6.07) is 24.1. The number of rotatable bonds is 9. The maximum Gasteiger partial charge on any atom is 0.255 e. The lowest BCUT2D eigenvalue weighted by Crippen LogP contribution is -2.30. The molecule has 0 aliphatic heterocycles. The summed E-state index contributed by atoms with van der Waals surface area (Å²) in [5.41, 5.74) is 4.65. The first-order chi connectivity index (χ1) is 17.0. The molecule has 1 heterocycles. The summed E-state index contributed by atoms with van der Waals surface area (Å²) >= 11 is 0. The lowest BCUT2D eigenvalue weighted by Gasteiger charge is -2.07. The van der Waals surface area contributed by atoms with Crippen LogP contribution in [0.2, 0.25) is 0 Å². The lowest BCUT2D eigenvalue weighted by atomic mass is 10.1. The van der Waals surface area contributed by atoms with Crippen molar-refractivity contribution in [1.82, 2.24) is 20.4 Å². The number of benzene rings is 3. The molecular formula is C28H28N4O3. The number of nitrogens with zero attached hydrogens (tertiary/aromatic N) is 2. The average Bonchev–Trinajstić information content (AvgIpc) is 3.28. The summed E-state index contributed by atoms with van der Waals surface area (Å²) in [7, 11) is 0. The Labute approximate surface area is 204 Å². The van der Waals surface area contributed by atoms with E-state index in [1.165, 1.54) is 12.1 Å². The van der Waals surface area contributed by atoms with Crippen LogP contribution in [0.25, 0.3) is 11.3 Å². The molecule has 0 spiro atoms. The third kappa shape index (κ3) is 6.35. The van der Waals surface area contributed by atoms with Crippen molar-refractivity contribution in [2.75, 3.05) is 13.1 Å². The highest BCUT2D eigenvalue weighted by Crippen LogP contribution is 2.23. The van der Waals surface area contributed by atoms with Gasteiger partial charge in [-0.2, -0.15) is 5.10 Å². The molecule has 3 N–H and O–H groups in total. The zero-order valence-electron chi connectivity index (χ0n) is 19.6. The average molecular weight is 469 g/mol. The van der Waals surface area contributed by atoms with Crippen molar-refractivity contribution in [3.63, 3.8) is 0 Å². The number of hydrogen-bond donors (Lipinski definition) is 3. The van der Waals surface area contributed by atoms with E-state index in [2.05, 4.69) is 10.6 Å². The number of aryl methyl sites for hydroxylation is 1. The second kappa shape index (κ2) is 11.2. The number of carbonyl (C=O) groups is 2. The number of nitrogens with one attached hydrogen (secondary N) is 2. The molecule has 3 aromatic carbocycles. The molecule has 178 valence electrons. The van der Waals surface area contributed by atoms with Gasteiger partial charge in [-0.05, 0) is 37.1 Å². The normalized spacial score (nSPS) is 10.7. The monoisotopic (exact) mass is 468 g/mol. The number of hydrogen-bond acceptors (Lipinski definition) is 4. The van der Waals surface area contributed by atoms with Crippen LogP contribution >= 0.6 is 0 Å². The second-order valence-corrected chi connectivity index (χ2v) is 8.36. The van der Waals surface area contributed by atoms with Gasteiger partial charge in [-0.3, -0.25) is 14.3 Å². The summed E-state index contributed by atoms with van der Waals surface area (Å²) in [5, 5.41) is 20.0. The van der Waals surface area contributed by atoms with Crippen molar-refractivity contribution >= 4 is 11.8 Å². The predicted molar refractivity (Wildman–Crippen MR) is 135 cm³/mol. The Morgan fingerprint density at radius 2 is 1.60 bits per heavy atom. The van der Waals surface area contributed by atoms with Crippen LogP contribution in [-0.4, -0.2) is 39.8 Å². The molecule has 0 aliphatic rings. The molecule has 0 atom stereocenters. The third-order valence-electron chi connectivity index (χ3n) is 5.55. The molecule has 4 rings (SSSR count). The number of amides is 2. The van der Waals surface area contributed by atoms with Crippen molar-refractivity contribution in [2.45, 2.75) is 19.9 Å². The Morgan fingerprint density at radius 1 is 0.886 bits per heavy atom. The van der Waals surface area contributed by atoms with Gasteiger partial charge < -0.3 is 15.7 Å². The number of phenols is 1. The van der Waals surface area contributed by atoms with Crippen LogP contribution in [0.5, 0.6) is 5.75 Å². The molecule has 4 aromatic rings. The van der Waals surface area contributed by atoms with E-state index in [1.54, 1.807) is 23.0 Å². The molecular weight excluding hydrogens is 440 g/mol. The van der Waals surface area contributed by atoms with Gasteiger partial charge in [0, 0.05) is 30.4 Å². The Balaban J connectivity index is 1.39. The first kappa shape index (κ1) is 23.8. The molecule has 7 nitrogen and oxygen atoms in total. The van der Waals surface area contributed by atoms with Crippen LogP contribution in [0.4, 0.5) is 0 Å². The maximum absolute atomic E-state index is 13.0. The van der Waals surface area contributed by atoms with Crippen molar-refractivity contribution < 1.29 is 14.7 Å². The van der Waals surface area contributed by atoms with E-state index in [0.29, 0.717) is 42.9 Å². The largest absolute Gasteiger partial charge is 0.508 e. The van der Waals surface area contributed by atoms with E-state index < -0.39 is 0 Å². The van der Waals surface area contributed by atoms with Gasteiger partial charge >= 0.3 is 0 Å². The summed E-state index contributed by atoms with van der Waals surface area (Å²) in [6.07, 6.45) is 2.34. The highest BCUT2D eigenvalue weighted by atomic mass is 16.3. The topological polar surface area (TPSA) is 96.3 Å². The fourth-order valence-corrected chi connectivity index (χ4v) is 3.70. The molecule has 2 amide bonds. The number of aromatic hydroxyl groups is 1. The first-order valence-electron chi connectivity index (χ1n) is 11.5. The van der Waals surface area contributed by atoms with Crippen LogP contribution in [0.1, 0.15) is 38.3 Å². The van der Waals surface area contributed by atoms with Crippen LogP contribution in [0, 0.1) is 6.92 Å². The second-order valence-electron chi connectivity index (χ2n) is 8.36. The first-order valence-corrected chi connectivity index (χ1v) is 11.5. The van der Waals surface area contributed by atoms with E-state index in [4.69, 9.17) is 5.10 Å². The van der Waals surface area contributed by atoms with E-state index in [0.717, 1.165) is 16.7 Å². The fraction of sp³-hybridized carbons (Fsp3) is 0.179. The highest BCUT2D eigenvalue weighted by molar-refractivity contribution is 5.99. The van der Waals surface area contributed by atoms with Crippen molar-refractivity contribution in [1.29, 1.82) is 0 Å². The van der Waals surface area contributed by atoms with E-state index >= 15 is 0 Å². The Hall–Kier alpha value is -4.39. The highest BCUT2D eigenvalue weighted by Gasteiger charge is 2.18. The standard InChI is InChI=1S/C28H28N4O3/c1-20-11-13-22(14-12-20)26-25(19-32(31-26)18-21-7-3-2-4-8-21)28(35)30-16-6-15-29-27(34)23-9-5-10-24(33)17-23/h2-5,7-14,17,19,33H,6,15-16,18H2,1H3,(H,29,34)(H,30,35). The molecule has 7 heteroatoms. The molecule has 35 heavy (non-hydrogen) atoms. The summed E-state index contributed by atoms with van der Waals surface area (Å²) < 4.78 is 1.79. The molecule has 1 aromatic heterocycles. The molecule has 0 unspecified atom stereocenters. The Bertz CT molecular complexity index is 1300. The zero-order valence-corrected chi connectivity index (χ0v) is 19.6. The number of aromatic nitrogens is 2. The minimum absolute atomic E-state index is 0.0436. The van der Waals surface area contributed by atoms with E-state index in [-0.39, 0.29) is 17.6 Å². The molecule has 0 fully saturated rings. The van der Waals surface area contributed by atoms with Crippen LogP contribution in [0.15, 0.2) is 85.1 Å². The van der Waals surface area contributed by atoms with E-state index in [9.17, 15) is 14.7 Å². The SMILES string of the molecule is Cc1ccc(-c2nn(Cc3ccccc3)cc2C(=O)NCCCNC(=O)c2cccc(O)c2)cc1. The van der Waals surface area contributed by atoms with Crippen molar-refractivity contribution in [3.05, 3.63) is 107 Å². The van der Waals surface area contributed by atoms with Gasteiger partial charge in [0.25, 0.3) is 11.8 Å². The summed E-state index contributed by atoms with van der Waals surface area (Å²) in [4.78, 5) is 25.2. The number of phenolic OH excluding ortho intramolecular Hbond substituents is 1. The van der Waals surface area contributed by atoms with Crippen LogP contribution in [-0.2, 0) is 6.54 Å². The van der Waals surface area contributed by atoms with Crippen molar-refractivity contribution in [3.8, 4) is 17.0 Å². The molecule has 0 saturated heterocycles. The predicted octanol–water partition coefficient (Wildman–Crippen LogP) is 4.16. The molecule has 0 radical (unpaired) electrons. The van der Waals surface area contributed by atoms with Gasteiger partial charge in [0.15, 0.2) is 0 Å². The van der Waals surface area contributed by atoms with Gasteiger partial charge in [0.1, 0.15) is 11.4 Å². The van der Waals surface area contributed by atoms with Gasteiger partial charge in [-0.15, -0.1) is 0 Å². The third-order valence-corrected chi connectivity index (χ3v) is 5.55. The lowest BCUT2D eigenvalue weighted by molar-refractivity contribution is 0.0951. The van der Waals surface area contributed by atoms with E-state index in [1.807, 2.05) is 61.5 Å². The maximum atomic E-state index is 13.0. The van der Waals surface area contributed by atoms with Crippen molar-refractivity contribution in [2.24, 2.45) is 0 Å². The number of carbonyl (C=O) groups excluding carboxylic acids is 2.